The van der Waals surface area contributed by atoms with Crippen LogP contribution in [-0.2, 0) is 0 Å². The number of rotatable bonds is 5. The van der Waals surface area contributed by atoms with Crippen LogP contribution in [0.25, 0.3) is 10.6 Å². The van der Waals surface area contributed by atoms with Crippen LogP contribution in [0.1, 0.15) is 34.8 Å². The Bertz CT molecular complexity index is 1090. The van der Waals surface area contributed by atoms with Crippen molar-refractivity contribution in [3.63, 3.8) is 0 Å². The molecule has 0 saturated heterocycles. The number of carbonyl (C=O) groups is 1. The molecule has 6 heteroatoms. The molecule has 146 valence electrons. The number of anilines is 2. The molecule has 0 fully saturated rings. The lowest BCUT2D eigenvalue weighted by molar-refractivity contribution is 0.103. The second-order valence-electron chi connectivity index (χ2n) is 5.98. The Morgan fingerprint density at radius 3 is 2.48 bits per heavy atom. The number of aryl methyl sites for hydroxylation is 1. The first-order chi connectivity index (χ1) is 14.2. The van der Waals surface area contributed by atoms with Crippen molar-refractivity contribution in [1.82, 2.24) is 15.0 Å². The van der Waals surface area contributed by atoms with Crippen LogP contribution >= 0.6 is 11.3 Å². The summed E-state index contributed by atoms with van der Waals surface area (Å²) in [6.07, 6.45) is 3.45. The fourth-order valence-electron chi connectivity index (χ4n) is 2.59. The van der Waals surface area contributed by atoms with Gasteiger partial charge in [0.25, 0.3) is 0 Å². The number of thiazole rings is 1. The number of hydrogen-bond donors (Lipinski definition) is 1. The van der Waals surface area contributed by atoms with Crippen LogP contribution in [-0.4, -0.2) is 20.7 Å². The van der Waals surface area contributed by atoms with E-state index < -0.39 is 0 Å². The van der Waals surface area contributed by atoms with Gasteiger partial charge in [-0.1, -0.05) is 50.2 Å². The maximum absolute atomic E-state index is 12.5. The van der Waals surface area contributed by atoms with Crippen molar-refractivity contribution >= 4 is 28.8 Å². The predicted octanol–water partition coefficient (Wildman–Crippen LogP) is 5.91. The fourth-order valence-corrected chi connectivity index (χ4v) is 3.44. The SMILES string of the molecule is CC.Cc1ccnc(Nc2cccc(-c3cnc(C(=O)c4ccccc4)s3)n2)c1. The van der Waals surface area contributed by atoms with E-state index in [1.165, 1.54) is 11.3 Å². The van der Waals surface area contributed by atoms with Gasteiger partial charge in [0.1, 0.15) is 11.6 Å². The quantitative estimate of drug-likeness (QED) is 0.420. The minimum absolute atomic E-state index is 0.0786. The first-order valence-corrected chi connectivity index (χ1v) is 10.2. The van der Waals surface area contributed by atoms with Crippen molar-refractivity contribution in [2.45, 2.75) is 20.8 Å². The van der Waals surface area contributed by atoms with E-state index in [-0.39, 0.29) is 5.78 Å². The molecule has 0 spiro atoms. The highest BCUT2D eigenvalue weighted by Crippen LogP contribution is 2.27. The van der Waals surface area contributed by atoms with Gasteiger partial charge in [-0.15, -0.1) is 11.3 Å². The molecule has 0 aliphatic rings. The second-order valence-corrected chi connectivity index (χ2v) is 7.01. The molecule has 4 rings (SSSR count). The zero-order chi connectivity index (χ0) is 20.6. The van der Waals surface area contributed by atoms with Crippen LogP contribution in [0.2, 0.25) is 0 Å². The average Bonchev–Trinajstić information content (AvgIpc) is 3.26. The number of carbonyl (C=O) groups excluding carboxylic acids is 1. The van der Waals surface area contributed by atoms with E-state index in [0.717, 1.165) is 22.0 Å². The Kier molecular flexibility index (Phi) is 6.81. The van der Waals surface area contributed by atoms with Crippen LogP contribution < -0.4 is 5.32 Å². The summed E-state index contributed by atoms with van der Waals surface area (Å²) in [6.45, 7) is 6.01. The number of nitrogens with one attached hydrogen (secondary N) is 1. The molecule has 0 amide bonds. The van der Waals surface area contributed by atoms with Crippen molar-refractivity contribution in [2.75, 3.05) is 5.32 Å². The van der Waals surface area contributed by atoms with Gasteiger partial charge in [0.2, 0.25) is 5.78 Å². The van der Waals surface area contributed by atoms with Gasteiger partial charge in [-0.25, -0.2) is 15.0 Å². The van der Waals surface area contributed by atoms with Crippen molar-refractivity contribution in [3.8, 4) is 10.6 Å². The molecule has 0 aliphatic carbocycles. The topological polar surface area (TPSA) is 67.8 Å². The molecule has 0 bridgehead atoms. The molecule has 3 heterocycles. The molecule has 5 nitrogen and oxygen atoms in total. The van der Waals surface area contributed by atoms with Gasteiger partial charge in [-0.2, -0.15) is 0 Å². The number of ketones is 1. The number of benzene rings is 1. The highest BCUT2D eigenvalue weighted by atomic mass is 32.1. The van der Waals surface area contributed by atoms with Gasteiger partial charge < -0.3 is 5.32 Å². The first kappa shape index (κ1) is 20.4. The van der Waals surface area contributed by atoms with Gasteiger partial charge in [0.05, 0.1) is 10.6 Å². The van der Waals surface area contributed by atoms with E-state index in [2.05, 4.69) is 20.3 Å². The summed E-state index contributed by atoms with van der Waals surface area (Å²) in [7, 11) is 0. The zero-order valence-corrected chi connectivity index (χ0v) is 17.4. The summed E-state index contributed by atoms with van der Waals surface area (Å²) in [5.74, 6) is 1.35. The summed E-state index contributed by atoms with van der Waals surface area (Å²) in [6, 6.07) is 18.8. The molecule has 0 aliphatic heterocycles. The summed E-state index contributed by atoms with van der Waals surface area (Å²) < 4.78 is 0. The van der Waals surface area contributed by atoms with E-state index in [1.807, 2.05) is 69.3 Å². The third kappa shape index (κ3) is 5.12. The standard InChI is InChI=1S/C21H16N4OS.C2H6/c1-14-10-11-22-19(12-14)25-18-9-5-8-16(24-18)17-13-23-21(27-17)20(26)15-6-3-2-4-7-15;1-2/h2-13H,1H3,(H,22,24,25);1-2H3. The lowest BCUT2D eigenvalue weighted by Gasteiger charge is -2.06. The minimum atomic E-state index is -0.0786. The first-order valence-electron chi connectivity index (χ1n) is 9.42. The third-order valence-corrected chi connectivity index (χ3v) is 4.93. The summed E-state index contributed by atoms with van der Waals surface area (Å²) in [4.78, 5) is 26.6. The largest absolute Gasteiger partial charge is 0.325 e. The van der Waals surface area contributed by atoms with Gasteiger partial charge in [-0.05, 0) is 36.8 Å². The van der Waals surface area contributed by atoms with E-state index >= 15 is 0 Å². The normalized spacial score (nSPS) is 10.0. The molecule has 1 N–H and O–H groups in total. The smallest absolute Gasteiger partial charge is 0.221 e. The van der Waals surface area contributed by atoms with E-state index in [9.17, 15) is 4.79 Å². The molecule has 29 heavy (non-hydrogen) atoms. The maximum atomic E-state index is 12.5. The second kappa shape index (κ2) is 9.71. The molecule has 1 aromatic carbocycles. The number of hydrogen-bond acceptors (Lipinski definition) is 6. The van der Waals surface area contributed by atoms with Crippen molar-refractivity contribution in [1.29, 1.82) is 0 Å². The van der Waals surface area contributed by atoms with Gasteiger partial charge in [0.15, 0.2) is 5.01 Å². The monoisotopic (exact) mass is 402 g/mol. The molecular weight excluding hydrogens is 380 g/mol. The Morgan fingerprint density at radius 2 is 1.72 bits per heavy atom. The Morgan fingerprint density at radius 1 is 0.931 bits per heavy atom. The van der Waals surface area contributed by atoms with Crippen molar-refractivity contribution < 1.29 is 4.79 Å². The Balaban J connectivity index is 0.00000117. The molecule has 0 radical (unpaired) electrons. The van der Waals surface area contributed by atoms with Crippen molar-refractivity contribution in [2.24, 2.45) is 0 Å². The molecule has 4 aromatic rings. The van der Waals surface area contributed by atoms with Crippen molar-refractivity contribution in [3.05, 3.63) is 89.2 Å². The van der Waals surface area contributed by atoms with Gasteiger partial charge >= 0.3 is 0 Å². The number of nitrogens with zero attached hydrogens (tertiary/aromatic N) is 3. The van der Waals surface area contributed by atoms with E-state index in [0.29, 0.717) is 16.4 Å². The maximum Gasteiger partial charge on any atom is 0.221 e. The van der Waals surface area contributed by atoms with E-state index in [4.69, 9.17) is 0 Å². The third-order valence-electron chi connectivity index (χ3n) is 3.91. The van der Waals surface area contributed by atoms with Crippen LogP contribution in [0.5, 0.6) is 0 Å². The predicted molar refractivity (Wildman–Crippen MR) is 119 cm³/mol. The summed E-state index contributed by atoms with van der Waals surface area (Å²) >= 11 is 1.34. The summed E-state index contributed by atoms with van der Waals surface area (Å²) in [5, 5.41) is 3.66. The van der Waals surface area contributed by atoms with Crippen LogP contribution in [0.3, 0.4) is 0 Å². The number of pyridine rings is 2. The Hall–Kier alpha value is -3.38. The highest BCUT2D eigenvalue weighted by Gasteiger charge is 2.15. The molecule has 0 atom stereocenters. The van der Waals surface area contributed by atoms with E-state index in [1.54, 1.807) is 24.5 Å². The molecule has 0 unspecified atom stereocenters. The average molecular weight is 403 g/mol. The fraction of sp³-hybridized carbons (Fsp3) is 0.130. The molecule has 3 aromatic heterocycles. The lowest BCUT2D eigenvalue weighted by atomic mass is 10.1. The highest BCUT2D eigenvalue weighted by molar-refractivity contribution is 7.17. The van der Waals surface area contributed by atoms with Crippen LogP contribution in [0.15, 0.2) is 73.1 Å². The van der Waals surface area contributed by atoms with Gasteiger partial charge in [0, 0.05) is 18.0 Å². The molecule has 0 saturated carbocycles. The van der Waals surface area contributed by atoms with Crippen LogP contribution in [0, 0.1) is 6.92 Å². The molecular formula is C23H22N4OS. The van der Waals surface area contributed by atoms with Gasteiger partial charge in [-0.3, -0.25) is 4.79 Å². The minimum Gasteiger partial charge on any atom is -0.325 e. The lowest BCUT2D eigenvalue weighted by Crippen LogP contribution is -1.99. The zero-order valence-electron chi connectivity index (χ0n) is 16.6. The van der Waals surface area contributed by atoms with Crippen LogP contribution in [0.4, 0.5) is 11.6 Å². The number of aromatic nitrogens is 3. The Labute approximate surface area is 174 Å². The summed E-state index contributed by atoms with van der Waals surface area (Å²) in [5.41, 5.74) is 2.51.